The number of carbonyl (C=O) groups excluding carboxylic acids is 1. The van der Waals surface area contributed by atoms with Gasteiger partial charge in [0, 0.05) is 23.0 Å². The Bertz CT molecular complexity index is 1060. The van der Waals surface area contributed by atoms with Gasteiger partial charge in [0.1, 0.15) is 11.6 Å². The lowest BCUT2D eigenvalue weighted by Gasteiger charge is -2.10. The number of aromatic nitrogens is 3. The van der Waals surface area contributed by atoms with E-state index in [2.05, 4.69) is 22.1 Å². The zero-order valence-corrected chi connectivity index (χ0v) is 19.4. The highest BCUT2D eigenvalue weighted by molar-refractivity contribution is 7.99. The molecule has 0 spiro atoms. The quantitative estimate of drug-likeness (QED) is 0.299. The molecule has 1 heterocycles. The minimum atomic E-state index is -0.239. The van der Waals surface area contributed by atoms with Crippen molar-refractivity contribution >= 4 is 46.7 Å². The number of hydrogen-bond acceptors (Lipinski definition) is 5. The molecular formula is C22H22ClFN4OS2. The molecule has 9 heteroatoms. The number of allylic oxidation sites excluding steroid dienone is 1. The average Bonchev–Trinajstić information content (AvgIpc) is 3.12. The summed E-state index contributed by atoms with van der Waals surface area (Å²) in [5.41, 5.74) is 2.69. The molecule has 3 rings (SSSR count). The van der Waals surface area contributed by atoms with E-state index in [1.807, 2.05) is 11.5 Å². The van der Waals surface area contributed by atoms with Crippen molar-refractivity contribution in [3.63, 3.8) is 0 Å². The van der Waals surface area contributed by atoms with Gasteiger partial charge in [-0.05, 0) is 48.4 Å². The number of thioether (sulfide) groups is 2. The SMILES string of the molecule is C=CCn1c(CSCc2ccc(F)cc2)nnc1SCC(=O)Nc1ccc(Cl)cc1C. The molecule has 0 aliphatic rings. The van der Waals surface area contributed by atoms with Gasteiger partial charge in [-0.2, -0.15) is 0 Å². The van der Waals surface area contributed by atoms with Crippen molar-refractivity contribution in [3.8, 4) is 0 Å². The van der Waals surface area contributed by atoms with Gasteiger partial charge < -0.3 is 9.88 Å². The van der Waals surface area contributed by atoms with Gasteiger partial charge in [0.25, 0.3) is 0 Å². The number of aryl methyl sites for hydroxylation is 1. The summed E-state index contributed by atoms with van der Waals surface area (Å²) in [5, 5.41) is 12.7. The molecule has 5 nitrogen and oxygen atoms in total. The molecule has 0 saturated carbocycles. The number of anilines is 1. The molecule has 0 bridgehead atoms. The summed E-state index contributed by atoms with van der Waals surface area (Å²) in [5.74, 6) is 2.04. The third kappa shape index (κ3) is 6.85. The molecule has 0 unspecified atom stereocenters. The normalized spacial score (nSPS) is 10.8. The van der Waals surface area contributed by atoms with Crippen LogP contribution in [0, 0.1) is 12.7 Å². The Hall–Kier alpha value is -2.29. The molecular weight excluding hydrogens is 455 g/mol. The molecule has 3 aromatic rings. The number of hydrogen-bond donors (Lipinski definition) is 1. The van der Waals surface area contributed by atoms with Crippen LogP contribution in [0.1, 0.15) is 17.0 Å². The summed E-state index contributed by atoms with van der Waals surface area (Å²) in [6, 6.07) is 11.8. The number of rotatable bonds is 10. The zero-order valence-electron chi connectivity index (χ0n) is 17.0. The molecule has 0 radical (unpaired) electrons. The predicted molar refractivity (Wildman–Crippen MR) is 127 cm³/mol. The van der Waals surface area contributed by atoms with Crippen LogP contribution in [0.2, 0.25) is 5.02 Å². The van der Waals surface area contributed by atoms with Crippen molar-refractivity contribution in [3.05, 3.63) is 82.9 Å². The second-order valence-electron chi connectivity index (χ2n) is 6.71. The topological polar surface area (TPSA) is 59.8 Å². The van der Waals surface area contributed by atoms with E-state index in [9.17, 15) is 9.18 Å². The Kier molecular flexibility index (Phi) is 8.57. The molecule has 0 saturated heterocycles. The first-order chi connectivity index (χ1) is 15.0. The van der Waals surface area contributed by atoms with Crippen molar-refractivity contribution in [2.24, 2.45) is 0 Å². The summed E-state index contributed by atoms with van der Waals surface area (Å²) in [4.78, 5) is 12.4. The maximum atomic E-state index is 13.0. The largest absolute Gasteiger partial charge is 0.325 e. The highest BCUT2D eigenvalue weighted by Gasteiger charge is 2.14. The highest BCUT2D eigenvalue weighted by Crippen LogP contribution is 2.23. The van der Waals surface area contributed by atoms with Crippen LogP contribution in [0.3, 0.4) is 0 Å². The standard InChI is InChI=1S/C22H22ClFN4OS2/c1-3-10-28-20(13-30-12-16-4-7-18(24)8-5-16)26-27-22(28)31-14-21(29)25-19-9-6-17(23)11-15(19)2/h3-9,11H,1,10,12-14H2,2H3,(H,25,29). The monoisotopic (exact) mass is 476 g/mol. The molecule has 1 aromatic heterocycles. The number of nitrogens with zero attached hydrogens (tertiary/aromatic N) is 3. The van der Waals surface area contributed by atoms with Crippen LogP contribution in [0.25, 0.3) is 0 Å². The Labute approximate surface area is 194 Å². The van der Waals surface area contributed by atoms with Gasteiger partial charge in [-0.3, -0.25) is 4.79 Å². The first-order valence-corrected chi connectivity index (χ1v) is 12.0. The average molecular weight is 477 g/mol. The van der Waals surface area contributed by atoms with E-state index in [1.54, 1.807) is 48.2 Å². The predicted octanol–water partition coefficient (Wildman–Crippen LogP) is 5.73. The maximum absolute atomic E-state index is 13.0. The van der Waals surface area contributed by atoms with Gasteiger partial charge in [-0.15, -0.1) is 28.5 Å². The summed E-state index contributed by atoms with van der Waals surface area (Å²) in [6.07, 6.45) is 1.78. The van der Waals surface area contributed by atoms with Crippen LogP contribution in [0.5, 0.6) is 0 Å². The first-order valence-electron chi connectivity index (χ1n) is 9.50. The minimum Gasteiger partial charge on any atom is -0.325 e. The van der Waals surface area contributed by atoms with E-state index in [1.165, 1.54) is 23.9 Å². The lowest BCUT2D eigenvalue weighted by molar-refractivity contribution is -0.113. The maximum Gasteiger partial charge on any atom is 0.234 e. The van der Waals surface area contributed by atoms with Crippen molar-refractivity contribution in [2.75, 3.05) is 11.1 Å². The highest BCUT2D eigenvalue weighted by atomic mass is 35.5. The van der Waals surface area contributed by atoms with Crippen LogP contribution < -0.4 is 5.32 Å². The molecule has 2 aromatic carbocycles. The van der Waals surface area contributed by atoms with Gasteiger partial charge in [0.15, 0.2) is 5.16 Å². The summed E-state index contributed by atoms with van der Waals surface area (Å²) >= 11 is 8.96. The second kappa shape index (κ2) is 11.4. The minimum absolute atomic E-state index is 0.129. The van der Waals surface area contributed by atoms with E-state index in [-0.39, 0.29) is 17.5 Å². The van der Waals surface area contributed by atoms with E-state index < -0.39 is 0 Å². The first kappa shape index (κ1) is 23.4. The third-order valence-corrected chi connectivity index (χ3v) is 6.51. The van der Waals surface area contributed by atoms with Crippen molar-refractivity contribution in [1.82, 2.24) is 14.8 Å². The Morgan fingerprint density at radius 2 is 2.00 bits per heavy atom. The van der Waals surface area contributed by atoms with Crippen LogP contribution >= 0.6 is 35.1 Å². The Morgan fingerprint density at radius 1 is 1.23 bits per heavy atom. The lowest BCUT2D eigenvalue weighted by Crippen LogP contribution is -2.15. The zero-order chi connectivity index (χ0) is 22.2. The molecule has 0 fully saturated rings. The van der Waals surface area contributed by atoms with Crippen molar-refractivity contribution in [1.29, 1.82) is 0 Å². The number of amides is 1. The van der Waals surface area contributed by atoms with Crippen LogP contribution in [-0.2, 0) is 22.8 Å². The molecule has 0 aliphatic carbocycles. The van der Waals surface area contributed by atoms with Crippen LogP contribution in [-0.4, -0.2) is 26.4 Å². The summed E-state index contributed by atoms with van der Waals surface area (Å²) in [7, 11) is 0. The second-order valence-corrected chi connectivity index (χ2v) is 9.08. The molecule has 0 aliphatic heterocycles. The Morgan fingerprint density at radius 3 is 2.71 bits per heavy atom. The molecule has 1 N–H and O–H groups in total. The van der Waals surface area contributed by atoms with Crippen molar-refractivity contribution in [2.45, 2.75) is 30.1 Å². The number of halogens is 2. The van der Waals surface area contributed by atoms with Crippen molar-refractivity contribution < 1.29 is 9.18 Å². The van der Waals surface area contributed by atoms with Gasteiger partial charge in [-0.1, -0.05) is 41.6 Å². The molecule has 1 amide bonds. The smallest absolute Gasteiger partial charge is 0.234 e. The molecule has 31 heavy (non-hydrogen) atoms. The van der Waals surface area contributed by atoms with Crippen LogP contribution in [0.4, 0.5) is 10.1 Å². The number of nitrogens with one attached hydrogen (secondary N) is 1. The van der Waals surface area contributed by atoms with E-state index >= 15 is 0 Å². The fourth-order valence-corrected chi connectivity index (χ4v) is 4.69. The van der Waals surface area contributed by atoms with E-state index in [0.717, 1.165) is 28.4 Å². The molecule has 162 valence electrons. The fraction of sp³-hybridized carbons (Fsp3) is 0.227. The number of carbonyl (C=O) groups is 1. The summed E-state index contributed by atoms with van der Waals surface area (Å²) in [6.45, 7) is 6.25. The number of benzene rings is 2. The van der Waals surface area contributed by atoms with Gasteiger partial charge >= 0.3 is 0 Å². The van der Waals surface area contributed by atoms with Gasteiger partial charge in [0.2, 0.25) is 5.91 Å². The fourth-order valence-electron chi connectivity index (χ4n) is 2.77. The lowest BCUT2D eigenvalue weighted by atomic mass is 10.2. The van der Waals surface area contributed by atoms with Gasteiger partial charge in [0.05, 0.1) is 11.5 Å². The van der Waals surface area contributed by atoms with Gasteiger partial charge in [-0.25, -0.2) is 4.39 Å². The van der Waals surface area contributed by atoms with E-state index in [4.69, 9.17) is 11.6 Å². The summed E-state index contributed by atoms with van der Waals surface area (Å²) < 4.78 is 15.0. The van der Waals surface area contributed by atoms with Crippen LogP contribution in [0.15, 0.2) is 60.3 Å². The van der Waals surface area contributed by atoms with E-state index in [0.29, 0.717) is 22.5 Å². The molecule has 0 atom stereocenters. The Balaban J connectivity index is 1.56. The third-order valence-electron chi connectivity index (χ3n) is 4.31.